The number of pyridine rings is 1. The summed E-state index contributed by atoms with van der Waals surface area (Å²) >= 11 is 0. The molecule has 0 unspecified atom stereocenters. The van der Waals surface area contributed by atoms with Crippen LogP contribution in [0.3, 0.4) is 0 Å². The molecule has 0 aliphatic heterocycles. The van der Waals surface area contributed by atoms with Crippen molar-refractivity contribution < 1.29 is 4.79 Å². The number of hydrogen-bond acceptors (Lipinski definition) is 4. The van der Waals surface area contributed by atoms with Gasteiger partial charge in [0.2, 0.25) is 5.91 Å². The van der Waals surface area contributed by atoms with Gasteiger partial charge in [-0.3, -0.25) is 4.79 Å². The number of rotatable bonds is 6. The Kier molecular flexibility index (Phi) is 6.34. The Morgan fingerprint density at radius 1 is 1.12 bits per heavy atom. The Hall–Kier alpha value is -4.21. The third-order valence-electron chi connectivity index (χ3n) is 5.32. The van der Waals surface area contributed by atoms with Crippen molar-refractivity contribution in [2.24, 2.45) is 7.05 Å². The van der Waals surface area contributed by atoms with Gasteiger partial charge in [0.1, 0.15) is 5.65 Å². The lowest BCUT2D eigenvalue weighted by atomic mass is 10.0. The smallest absolute Gasteiger partial charge is 0.248 e. The Bertz CT molecular complexity index is 1390. The molecule has 0 saturated carbocycles. The first-order valence-electron chi connectivity index (χ1n) is 10.6. The molecule has 1 amide bonds. The van der Waals surface area contributed by atoms with E-state index in [2.05, 4.69) is 22.4 Å². The van der Waals surface area contributed by atoms with Crippen LogP contribution in [0.1, 0.15) is 5.56 Å². The second-order valence-electron chi connectivity index (χ2n) is 8.18. The van der Waals surface area contributed by atoms with Gasteiger partial charge in [-0.2, -0.15) is 5.26 Å². The van der Waals surface area contributed by atoms with E-state index in [1.165, 1.54) is 0 Å². The number of carbonyl (C=O) groups excluding carboxylic acids is 1. The first-order chi connectivity index (χ1) is 15.9. The van der Waals surface area contributed by atoms with Crippen LogP contribution in [-0.4, -0.2) is 41.0 Å². The predicted molar refractivity (Wildman–Crippen MR) is 133 cm³/mol. The molecule has 6 heteroatoms. The Balaban J connectivity index is 1.67. The summed E-state index contributed by atoms with van der Waals surface area (Å²) in [6.07, 6.45) is 7.26. The van der Waals surface area contributed by atoms with E-state index in [-0.39, 0.29) is 5.91 Å². The number of amides is 1. The number of aryl methyl sites for hydroxylation is 1. The van der Waals surface area contributed by atoms with Crippen LogP contribution in [0.2, 0.25) is 0 Å². The summed E-state index contributed by atoms with van der Waals surface area (Å²) in [5.41, 5.74) is 6.12. The normalized spacial score (nSPS) is 11.2. The molecule has 2 heterocycles. The Morgan fingerprint density at radius 3 is 2.70 bits per heavy atom. The monoisotopic (exact) mass is 435 g/mol. The SMILES string of the molecule is CN(C)C/C=C/C(=O)Nc1cccc(-c2cnc3c(c2)c(-c2cccc(C#N)c2)cn3C)c1. The van der Waals surface area contributed by atoms with E-state index in [0.717, 1.165) is 39.0 Å². The van der Waals surface area contributed by atoms with Gasteiger partial charge in [-0.15, -0.1) is 0 Å². The first-order valence-corrected chi connectivity index (χ1v) is 10.6. The number of likely N-dealkylation sites (N-methyl/N-ethyl adjacent to an activating group) is 1. The topological polar surface area (TPSA) is 74.0 Å². The number of hydrogen-bond donors (Lipinski definition) is 1. The molecule has 0 spiro atoms. The van der Waals surface area contributed by atoms with Crippen LogP contribution in [0.4, 0.5) is 5.69 Å². The lowest BCUT2D eigenvalue weighted by Gasteiger charge is -2.08. The summed E-state index contributed by atoms with van der Waals surface area (Å²) < 4.78 is 1.99. The zero-order valence-corrected chi connectivity index (χ0v) is 18.9. The standard InChI is InChI=1S/C27H25N5O/c1-31(2)12-6-11-26(33)30-23-10-5-8-20(14-23)22-15-24-25(18-32(3)27(24)29-17-22)21-9-4-7-19(13-21)16-28/h4-11,13-15,17-18H,12H2,1-3H3,(H,30,33)/b11-6+. The molecule has 0 radical (unpaired) electrons. The van der Waals surface area contributed by atoms with E-state index in [1.54, 1.807) is 12.1 Å². The van der Waals surface area contributed by atoms with Gasteiger partial charge in [0.05, 0.1) is 11.6 Å². The number of nitrogens with one attached hydrogen (secondary N) is 1. The zero-order chi connectivity index (χ0) is 23.4. The molecule has 0 fully saturated rings. The number of anilines is 1. The maximum absolute atomic E-state index is 12.2. The number of fused-ring (bicyclic) bond motifs is 1. The van der Waals surface area contributed by atoms with Crippen molar-refractivity contribution in [3.63, 3.8) is 0 Å². The predicted octanol–water partition coefficient (Wildman–Crippen LogP) is 4.84. The van der Waals surface area contributed by atoms with Gasteiger partial charge in [-0.25, -0.2) is 4.98 Å². The number of nitriles is 1. The number of nitrogens with zero attached hydrogens (tertiary/aromatic N) is 4. The molecule has 1 N–H and O–H groups in total. The summed E-state index contributed by atoms with van der Waals surface area (Å²) in [5.74, 6) is -0.162. The highest BCUT2D eigenvalue weighted by Crippen LogP contribution is 2.33. The Morgan fingerprint density at radius 2 is 1.91 bits per heavy atom. The van der Waals surface area contributed by atoms with Crippen LogP contribution in [0, 0.1) is 11.3 Å². The molecule has 2 aromatic carbocycles. The summed E-state index contributed by atoms with van der Waals surface area (Å²) in [6.45, 7) is 0.704. The molecular formula is C27H25N5O. The molecule has 0 saturated heterocycles. The molecule has 6 nitrogen and oxygen atoms in total. The maximum atomic E-state index is 12.2. The van der Waals surface area contributed by atoms with E-state index in [9.17, 15) is 10.1 Å². The van der Waals surface area contributed by atoms with E-state index >= 15 is 0 Å². The quantitative estimate of drug-likeness (QED) is 0.440. The average Bonchev–Trinajstić information content (AvgIpc) is 3.15. The number of carbonyl (C=O) groups is 1. The maximum Gasteiger partial charge on any atom is 0.248 e. The lowest BCUT2D eigenvalue weighted by molar-refractivity contribution is -0.111. The third kappa shape index (κ3) is 5.00. The van der Waals surface area contributed by atoms with Crippen LogP contribution in [0.15, 0.2) is 79.1 Å². The minimum Gasteiger partial charge on any atom is -0.335 e. The van der Waals surface area contributed by atoms with Gasteiger partial charge in [0.15, 0.2) is 0 Å². The minimum absolute atomic E-state index is 0.162. The fourth-order valence-electron chi connectivity index (χ4n) is 3.74. The fraction of sp³-hybridized carbons (Fsp3) is 0.148. The van der Waals surface area contributed by atoms with Crippen LogP contribution in [-0.2, 0) is 11.8 Å². The summed E-state index contributed by atoms with van der Waals surface area (Å²) in [7, 11) is 5.87. The molecule has 0 aliphatic carbocycles. The van der Waals surface area contributed by atoms with E-state index in [4.69, 9.17) is 0 Å². The largest absolute Gasteiger partial charge is 0.335 e. The number of benzene rings is 2. The fourth-order valence-corrected chi connectivity index (χ4v) is 3.74. The molecule has 2 aromatic heterocycles. The highest BCUT2D eigenvalue weighted by molar-refractivity contribution is 6.00. The second kappa shape index (κ2) is 9.51. The van der Waals surface area contributed by atoms with Gasteiger partial charge < -0.3 is 14.8 Å². The average molecular weight is 436 g/mol. The van der Waals surface area contributed by atoms with Gasteiger partial charge in [-0.1, -0.05) is 30.3 Å². The molecule has 33 heavy (non-hydrogen) atoms. The van der Waals surface area contributed by atoms with Crippen molar-refractivity contribution in [1.29, 1.82) is 5.26 Å². The van der Waals surface area contributed by atoms with Crippen molar-refractivity contribution in [2.45, 2.75) is 0 Å². The van der Waals surface area contributed by atoms with Gasteiger partial charge >= 0.3 is 0 Å². The molecular weight excluding hydrogens is 410 g/mol. The van der Waals surface area contributed by atoms with Gasteiger partial charge in [-0.05, 0) is 55.6 Å². The van der Waals surface area contributed by atoms with Crippen molar-refractivity contribution in [3.05, 3.63) is 84.7 Å². The lowest BCUT2D eigenvalue weighted by Crippen LogP contribution is -2.12. The van der Waals surface area contributed by atoms with E-state index < -0.39 is 0 Å². The van der Waals surface area contributed by atoms with Crippen LogP contribution >= 0.6 is 0 Å². The summed E-state index contributed by atoms with van der Waals surface area (Å²) in [5, 5.41) is 13.2. The molecule has 0 bridgehead atoms. The van der Waals surface area contributed by atoms with Crippen LogP contribution in [0.25, 0.3) is 33.3 Å². The van der Waals surface area contributed by atoms with Crippen LogP contribution < -0.4 is 5.32 Å². The van der Waals surface area contributed by atoms with Gasteiger partial charge in [0.25, 0.3) is 0 Å². The van der Waals surface area contributed by atoms with Crippen molar-refractivity contribution in [1.82, 2.24) is 14.5 Å². The number of aromatic nitrogens is 2. The van der Waals surface area contributed by atoms with Crippen LogP contribution in [0.5, 0.6) is 0 Å². The molecule has 4 rings (SSSR count). The highest BCUT2D eigenvalue weighted by atomic mass is 16.1. The first kappa shape index (κ1) is 22.0. The molecule has 0 aliphatic rings. The highest BCUT2D eigenvalue weighted by Gasteiger charge is 2.12. The van der Waals surface area contributed by atoms with Crippen molar-refractivity contribution >= 4 is 22.6 Å². The Labute approximate surface area is 193 Å². The zero-order valence-electron chi connectivity index (χ0n) is 18.9. The van der Waals surface area contributed by atoms with Crippen molar-refractivity contribution in [2.75, 3.05) is 26.0 Å². The van der Waals surface area contributed by atoms with E-state index in [0.29, 0.717) is 12.1 Å². The summed E-state index contributed by atoms with van der Waals surface area (Å²) in [6, 6.07) is 19.6. The third-order valence-corrected chi connectivity index (χ3v) is 5.32. The van der Waals surface area contributed by atoms with Crippen molar-refractivity contribution in [3.8, 4) is 28.3 Å². The second-order valence-corrected chi connectivity index (χ2v) is 8.18. The minimum atomic E-state index is -0.162. The molecule has 164 valence electrons. The molecule has 4 aromatic rings. The summed E-state index contributed by atoms with van der Waals surface area (Å²) in [4.78, 5) is 18.9. The van der Waals surface area contributed by atoms with E-state index in [1.807, 2.05) is 91.5 Å². The van der Waals surface area contributed by atoms with Gasteiger partial charge in [0, 0.05) is 54.3 Å². The molecule has 0 atom stereocenters.